The molecule has 1 amide bonds. The highest BCUT2D eigenvalue weighted by molar-refractivity contribution is 5.93. The molecule has 148 valence electrons. The van der Waals surface area contributed by atoms with Crippen LogP contribution in [-0.4, -0.2) is 42.7 Å². The Morgan fingerprint density at radius 2 is 1.74 bits per heavy atom. The Morgan fingerprint density at radius 1 is 1.15 bits per heavy atom. The fourth-order valence-corrected chi connectivity index (χ4v) is 2.02. The van der Waals surface area contributed by atoms with E-state index >= 15 is 0 Å². The summed E-state index contributed by atoms with van der Waals surface area (Å²) < 4.78 is 9.92. The lowest BCUT2D eigenvalue weighted by atomic mass is 10.1. The highest BCUT2D eigenvalue weighted by Crippen LogP contribution is 2.15. The van der Waals surface area contributed by atoms with Gasteiger partial charge in [0.05, 0.1) is 12.8 Å². The lowest BCUT2D eigenvalue weighted by molar-refractivity contribution is -0.143. The number of hydrogen-bond acceptors (Lipinski definition) is 5. The summed E-state index contributed by atoms with van der Waals surface area (Å²) in [6.07, 6.45) is -0.497. The van der Waals surface area contributed by atoms with E-state index < -0.39 is 23.7 Å². The summed E-state index contributed by atoms with van der Waals surface area (Å²) in [6.45, 7) is 5.19. The Balaban J connectivity index is 2.86. The topological polar surface area (TPSA) is 167 Å². The molecule has 0 fully saturated rings. The molecule has 0 aromatic heterocycles. The molecular weight excluding hydrogens is 352 g/mol. The number of ether oxygens (including phenoxy) is 2. The van der Waals surface area contributed by atoms with Crippen molar-refractivity contribution >= 4 is 29.7 Å². The summed E-state index contributed by atoms with van der Waals surface area (Å²) in [7, 11) is 1.25. The maximum absolute atomic E-state index is 12.0. The van der Waals surface area contributed by atoms with E-state index in [1.165, 1.54) is 7.11 Å². The summed E-state index contributed by atoms with van der Waals surface area (Å²) in [5.74, 6) is -0.858. The standard InChI is InChI=1S/C17H26N6O4/c1-17(2,3)27-16(25)22-12(13(24)26-4)9-10-5-7-11(8-6-10)21-15(20)23-14(18)19/h5-8,12H,9H2,1-4H3,(H,22,25)(H6,18,19,20,21,23). The average Bonchev–Trinajstić information content (AvgIpc) is 2.52. The molecule has 0 saturated carbocycles. The van der Waals surface area contributed by atoms with Crippen LogP contribution in [0.2, 0.25) is 0 Å². The summed E-state index contributed by atoms with van der Waals surface area (Å²) in [5.41, 5.74) is 16.6. The summed E-state index contributed by atoms with van der Waals surface area (Å²) in [6, 6.07) is 5.91. The highest BCUT2D eigenvalue weighted by atomic mass is 16.6. The van der Waals surface area contributed by atoms with Gasteiger partial charge in [0, 0.05) is 6.42 Å². The normalized spacial score (nSPS) is 12.7. The Bertz CT molecular complexity index is 718. The van der Waals surface area contributed by atoms with Crippen LogP contribution in [0.4, 0.5) is 10.5 Å². The molecule has 0 spiro atoms. The number of alkyl carbamates (subject to hydrolysis) is 1. The van der Waals surface area contributed by atoms with Crippen molar-refractivity contribution in [3.05, 3.63) is 29.8 Å². The maximum Gasteiger partial charge on any atom is 0.408 e. The van der Waals surface area contributed by atoms with Gasteiger partial charge in [-0.3, -0.25) is 0 Å². The number of carbonyl (C=O) groups excluding carboxylic acids is 2. The molecule has 0 bridgehead atoms. The number of carbonyl (C=O) groups is 2. The van der Waals surface area contributed by atoms with Crippen molar-refractivity contribution in [3.63, 3.8) is 0 Å². The fraction of sp³-hybridized carbons (Fsp3) is 0.412. The predicted molar refractivity (Wildman–Crippen MR) is 102 cm³/mol. The van der Waals surface area contributed by atoms with E-state index in [9.17, 15) is 9.59 Å². The highest BCUT2D eigenvalue weighted by Gasteiger charge is 2.25. The molecule has 10 heteroatoms. The van der Waals surface area contributed by atoms with Crippen LogP contribution in [0.3, 0.4) is 0 Å². The number of amides is 1. The Labute approximate surface area is 157 Å². The van der Waals surface area contributed by atoms with Gasteiger partial charge in [-0.05, 0) is 38.5 Å². The molecule has 1 atom stereocenters. The second-order valence-corrected chi connectivity index (χ2v) is 6.60. The molecule has 0 saturated heterocycles. The first-order chi connectivity index (χ1) is 12.5. The summed E-state index contributed by atoms with van der Waals surface area (Å²) in [4.78, 5) is 31.5. The van der Waals surface area contributed by atoms with Crippen LogP contribution in [0.1, 0.15) is 26.3 Å². The summed E-state index contributed by atoms with van der Waals surface area (Å²) >= 11 is 0. The molecule has 1 aromatic rings. The van der Waals surface area contributed by atoms with Gasteiger partial charge >= 0.3 is 12.1 Å². The molecule has 1 rings (SSSR count). The molecule has 0 aliphatic rings. The first kappa shape index (κ1) is 21.7. The lowest BCUT2D eigenvalue weighted by Gasteiger charge is -2.22. The molecule has 1 unspecified atom stereocenters. The number of guanidine groups is 2. The van der Waals surface area contributed by atoms with Crippen LogP contribution in [0.5, 0.6) is 0 Å². The number of aliphatic imine (C=N–C) groups is 2. The monoisotopic (exact) mass is 378 g/mol. The van der Waals surface area contributed by atoms with Crippen LogP contribution in [0.15, 0.2) is 34.3 Å². The zero-order valence-corrected chi connectivity index (χ0v) is 15.9. The molecule has 10 nitrogen and oxygen atoms in total. The van der Waals surface area contributed by atoms with E-state index in [1.807, 2.05) is 0 Å². The van der Waals surface area contributed by atoms with Crippen molar-refractivity contribution in [1.29, 1.82) is 0 Å². The van der Waals surface area contributed by atoms with Crippen molar-refractivity contribution < 1.29 is 19.1 Å². The van der Waals surface area contributed by atoms with Gasteiger partial charge in [0.25, 0.3) is 0 Å². The predicted octanol–water partition coefficient (Wildman–Crippen LogP) is 0.515. The number of rotatable bonds is 5. The third kappa shape index (κ3) is 8.56. The lowest BCUT2D eigenvalue weighted by Crippen LogP contribution is -2.45. The van der Waals surface area contributed by atoms with Gasteiger partial charge in [-0.15, -0.1) is 0 Å². The Hall–Kier alpha value is -3.30. The van der Waals surface area contributed by atoms with Crippen molar-refractivity contribution in [2.24, 2.45) is 27.2 Å². The number of nitrogens with zero attached hydrogens (tertiary/aromatic N) is 2. The molecule has 0 aliphatic carbocycles. The number of nitrogens with one attached hydrogen (secondary N) is 1. The van der Waals surface area contributed by atoms with E-state index in [1.54, 1.807) is 45.0 Å². The van der Waals surface area contributed by atoms with E-state index in [4.69, 9.17) is 26.7 Å². The van der Waals surface area contributed by atoms with Crippen molar-refractivity contribution in [1.82, 2.24) is 5.32 Å². The van der Waals surface area contributed by atoms with Crippen LogP contribution in [0.25, 0.3) is 0 Å². The molecule has 7 N–H and O–H groups in total. The first-order valence-electron chi connectivity index (χ1n) is 8.10. The minimum absolute atomic E-state index is 0.0817. The fourth-order valence-electron chi connectivity index (χ4n) is 2.02. The first-order valence-corrected chi connectivity index (χ1v) is 8.10. The molecule has 0 aliphatic heterocycles. The Morgan fingerprint density at radius 3 is 2.22 bits per heavy atom. The zero-order valence-electron chi connectivity index (χ0n) is 15.9. The van der Waals surface area contributed by atoms with Gasteiger partial charge in [-0.25, -0.2) is 14.6 Å². The number of methoxy groups -OCH3 is 1. The van der Waals surface area contributed by atoms with Crippen molar-refractivity contribution in [3.8, 4) is 0 Å². The van der Waals surface area contributed by atoms with E-state index in [-0.39, 0.29) is 18.3 Å². The second-order valence-electron chi connectivity index (χ2n) is 6.60. The zero-order chi connectivity index (χ0) is 20.6. The van der Waals surface area contributed by atoms with Crippen LogP contribution in [-0.2, 0) is 20.7 Å². The molecule has 0 heterocycles. The minimum atomic E-state index is -0.897. The van der Waals surface area contributed by atoms with Gasteiger partial charge in [0.2, 0.25) is 5.96 Å². The third-order valence-electron chi connectivity index (χ3n) is 3.04. The quantitative estimate of drug-likeness (QED) is 0.329. The SMILES string of the molecule is COC(=O)C(Cc1ccc(N=C(N)N=C(N)N)cc1)NC(=O)OC(C)(C)C. The average molecular weight is 378 g/mol. The van der Waals surface area contributed by atoms with Crippen molar-refractivity contribution in [2.45, 2.75) is 38.8 Å². The van der Waals surface area contributed by atoms with Gasteiger partial charge in [-0.1, -0.05) is 12.1 Å². The van der Waals surface area contributed by atoms with E-state index in [0.29, 0.717) is 5.69 Å². The molecule has 1 aromatic carbocycles. The maximum atomic E-state index is 12.0. The Kier molecular flexibility index (Phi) is 7.58. The minimum Gasteiger partial charge on any atom is -0.467 e. The van der Waals surface area contributed by atoms with E-state index in [0.717, 1.165) is 5.56 Å². The van der Waals surface area contributed by atoms with Crippen molar-refractivity contribution in [2.75, 3.05) is 7.11 Å². The van der Waals surface area contributed by atoms with Crippen LogP contribution >= 0.6 is 0 Å². The number of nitrogens with two attached hydrogens (primary N) is 3. The summed E-state index contributed by atoms with van der Waals surface area (Å²) in [5, 5.41) is 2.51. The second kappa shape index (κ2) is 9.41. The largest absolute Gasteiger partial charge is 0.467 e. The third-order valence-corrected chi connectivity index (χ3v) is 3.04. The van der Waals surface area contributed by atoms with Crippen LogP contribution in [0, 0.1) is 0 Å². The van der Waals surface area contributed by atoms with Gasteiger partial charge in [0.1, 0.15) is 11.6 Å². The molecular formula is C17H26N6O4. The smallest absolute Gasteiger partial charge is 0.408 e. The van der Waals surface area contributed by atoms with E-state index in [2.05, 4.69) is 15.3 Å². The number of benzene rings is 1. The van der Waals surface area contributed by atoms with Gasteiger partial charge < -0.3 is 32.0 Å². The number of esters is 1. The van der Waals surface area contributed by atoms with Gasteiger partial charge in [0.15, 0.2) is 5.96 Å². The number of hydrogen-bond donors (Lipinski definition) is 4. The van der Waals surface area contributed by atoms with Crippen LogP contribution < -0.4 is 22.5 Å². The van der Waals surface area contributed by atoms with Gasteiger partial charge in [-0.2, -0.15) is 4.99 Å². The molecule has 0 radical (unpaired) electrons. The molecule has 27 heavy (non-hydrogen) atoms.